The molecule has 0 fully saturated rings. The normalized spacial score (nSPS) is 13.1. The van der Waals surface area contributed by atoms with Crippen molar-refractivity contribution in [2.45, 2.75) is 51.4 Å². The van der Waals surface area contributed by atoms with E-state index in [1.165, 1.54) is 81.6 Å². The van der Waals surface area contributed by atoms with Gasteiger partial charge in [-0.3, -0.25) is 0 Å². The first-order valence-electron chi connectivity index (χ1n) is 23.2. The van der Waals surface area contributed by atoms with E-state index in [2.05, 4.69) is 228 Å². The van der Waals surface area contributed by atoms with Gasteiger partial charge in [0.2, 0.25) is 0 Å². The van der Waals surface area contributed by atoms with Crippen molar-refractivity contribution in [2.24, 2.45) is 0 Å². The van der Waals surface area contributed by atoms with E-state index >= 15 is 0 Å². The maximum absolute atomic E-state index is 2.40. The summed E-state index contributed by atoms with van der Waals surface area (Å²) in [5.74, 6) is 0. The maximum atomic E-state index is 2.40. The van der Waals surface area contributed by atoms with Crippen LogP contribution in [0.15, 0.2) is 218 Å². The van der Waals surface area contributed by atoms with Crippen LogP contribution in [0.25, 0.3) is 44.5 Å². The Morgan fingerprint density at radius 2 is 0.422 bits per heavy atom. The number of hydrogen-bond acceptors (Lipinski definition) is 2. The van der Waals surface area contributed by atoms with E-state index in [0.29, 0.717) is 0 Å². The van der Waals surface area contributed by atoms with Gasteiger partial charge in [-0.1, -0.05) is 146 Å². The van der Waals surface area contributed by atoms with Crippen LogP contribution in [0, 0.1) is 0 Å². The Morgan fingerprint density at radius 1 is 0.203 bits per heavy atom. The molecule has 11 rings (SSSR count). The second kappa shape index (κ2) is 17.8. The number of benzene rings is 9. The number of fused-ring (bicyclic) bond motifs is 2. The van der Waals surface area contributed by atoms with Gasteiger partial charge in [0.15, 0.2) is 0 Å². The van der Waals surface area contributed by atoms with Crippen LogP contribution in [0.1, 0.15) is 47.9 Å². The predicted molar refractivity (Wildman–Crippen MR) is 271 cm³/mol. The highest BCUT2D eigenvalue weighted by Crippen LogP contribution is 2.47. The maximum Gasteiger partial charge on any atom is 0.0462 e. The second-order valence-electron chi connectivity index (χ2n) is 17.3. The lowest BCUT2D eigenvalue weighted by Gasteiger charge is -2.32. The van der Waals surface area contributed by atoms with Crippen LogP contribution in [0.4, 0.5) is 34.1 Å². The van der Waals surface area contributed by atoms with Crippen LogP contribution >= 0.6 is 0 Å². The molecule has 64 heavy (non-hydrogen) atoms. The molecule has 0 bridgehead atoms. The molecule has 2 heteroatoms. The summed E-state index contributed by atoms with van der Waals surface area (Å²) in [5.41, 5.74) is 23.9. The third-order valence-electron chi connectivity index (χ3n) is 13.5. The topological polar surface area (TPSA) is 6.48 Å². The highest BCUT2D eigenvalue weighted by molar-refractivity contribution is 5.87. The monoisotopic (exact) mass is 824 g/mol. The van der Waals surface area contributed by atoms with Gasteiger partial charge in [-0.25, -0.2) is 0 Å². The van der Waals surface area contributed by atoms with Gasteiger partial charge in [-0.15, -0.1) is 0 Å². The number of rotatable bonds is 10. The Labute approximate surface area is 378 Å². The van der Waals surface area contributed by atoms with E-state index < -0.39 is 0 Å². The minimum Gasteiger partial charge on any atom is -0.311 e. The molecule has 0 amide bonds. The van der Waals surface area contributed by atoms with Crippen molar-refractivity contribution < 1.29 is 0 Å². The molecule has 0 atom stereocenters. The van der Waals surface area contributed by atoms with E-state index in [-0.39, 0.29) is 0 Å². The second-order valence-corrected chi connectivity index (χ2v) is 17.3. The van der Waals surface area contributed by atoms with Gasteiger partial charge in [-0.05, 0) is 191 Å². The summed E-state index contributed by atoms with van der Waals surface area (Å²) in [4.78, 5) is 4.77. The minimum atomic E-state index is 1.13. The molecule has 0 aliphatic heterocycles. The molecule has 0 unspecified atom stereocenters. The molecule has 9 aromatic rings. The molecular weight excluding hydrogens is 773 g/mol. The number of hydrogen-bond donors (Lipinski definition) is 0. The lowest BCUT2D eigenvalue weighted by Crippen LogP contribution is -2.16. The third kappa shape index (κ3) is 7.71. The van der Waals surface area contributed by atoms with Crippen molar-refractivity contribution in [1.29, 1.82) is 0 Å². The van der Waals surface area contributed by atoms with Gasteiger partial charge >= 0.3 is 0 Å². The van der Waals surface area contributed by atoms with Crippen LogP contribution in [0.3, 0.4) is 0 Å². The lowest BCUT2D eigenvalue weighted by molar-refractivity contribution is 0.662. The fourth-order valence-electron chi connectivity index (χ4n) is 10.4. The van der Waals surface area contributed by atoms with Crippen molar-refractivity contribution in [3.8, 4) is 44.5 Å². The van der Waals surface area contributed by atoms with Crippen molar-refractivity contribution in [3.05, 3.63) is 241 Å². The quantitative estimate of drug-likeness (QED) is 0.136. The van der Waals surface area contributed by atoms with Gasteiger partial charge in [0.25, 0.3) is 0 Å². The highest BCUT2D eigenvalue weighted by Gasteiger charge is 2.28. The number of anilines is 6. The molecule has 2 aliphatic carbocycles. The average Bonchev–Trinajstić information content (AvgIpc) is 3.38. The minimum absolute atomic E-state index is 1.13. The van der Waals surface area contributed by atoms with E-state index in [4.69, 9.17) is 0 Å². The van der Waals surface area contributed by atoms with E-state index in [0.717, 1.165) is 48.4 Å². The SMILES string of the molecule is c1ccc(-c2ccc(N(c3ccccc3)c3ccc(-c4c5c(c(-c6ccc(N(c7ccccc7)c7ccc(-c8ccccc8)cc7)cc6)c6c4CCCC6)CCCC5)cc3)cc2)cc1. The van der Waals surface area contributed by atoms with Crippen molar-refractivity contribution in [1.82, 2.24) is 0 Å². The fourth-order valence-corrected chi connectivity index (χ4v) is 10.4. The molecule has 2 nitrogen and oxygen atoms in total. The zero-order chi connectivity index (χ0) is 42.7. The third-order valence-corrected chi connectivity index (χ3v) is 13.5. The molecule has 0 radical (unpaired) electrons. The smallest absolute Gasteiger partial charge is 0.0462 e. The predicted octanol–water partition coefficient (Wildman–Crippen LogP) is 17.1. The Hall–Kier alpha value is -7.42. The molecule has 0 spiro atoms. The van der Waals surface area contributed by atoms with Gasteiger partial charge < -0.3 is 9.80 Å². The van der Waals surface area contributed by atoms with Crippen LogP contribution < -0.4 is 9.80 Å². The molecule has 0 heterocycles. The Kier molecular flexibility index (Phi) is 10.9. The molecule has 0 saturated carbocycles. The molecule has 9 aromatic carbocycles. The first kappa shape index (κ1) is 39.4. The van der Waals surface area contributed by atoms with Crippen molar-refractivity contribution in [3.63, 3.8) is 0 Å². The first-order chi connectivity index (χ1) is 31.8. The summed E-state index contributed by atoms with van der Waals surface area (Å²) in [6.45, 7) is 0. The zero-order valence-electron chi connectivity index (χ0n) is 36.3. The average molecular weight is 825 g/mol. The van der Waals surface area contributed by atoms with E-state index in [1.807, 2.05) is 0 Å². The van der Waals surface area contributed by atoms with E-state index in [9.17, 15) is 0 Å². The summed E-state index contributed by atoms with van der Waals surface area (Å²) in [7, 11) is 0. The molecule has 0 N–H and O–H groups in total. The number of nitrogens with zero attached hydrogens (tertiary/aromatic N) is 2. The summed E-state index contributed by atoms with van der Waals surface area (Å²) < 4.78 is 0. The Morgan fingerprint density at radius 3 is 0.703 bits per heavy atom. The Bertz CT molecular complexity index is 2730. The summed E-state index contributed by atoms with van der Waals surface area (Å²) in [6, 6.07) is 79.8. The Balaban J connectivity index is 0.957. The summed E-state index contributed by atoms with van der Waals surface area (Å²) in [5, 5.41) is 0. The first-order valence-corrected chi connectivity index (χ1v) is 23.2. The fraction of sp³-hybridized carbons (Fsp3) is 0.129. The zero-order valence-corrected chi connectivity index (χ0v) is 36.3. The van der Waals surface area contributed by atoms with Crippen LogP contribution in [-0.4, -0.2) is 0 Å². The molecule has 0 aromatic heterocycles. The molecule has 310 valence electrons. The van der Waals surface area contributed by atoms with Crippen molar-refractivity contribution in [2.75, 3.05) is 9.80 Å². The van der Waals surface area contributed by atoms with Crippen LogP contribution in [-0.2, 0) is 25.7 Å². The largest absolute Gasteiger partial charge is 0.311 e. The van der Waals surface area contributed by atoms with Crippen molar-refractivity contribution >= 4 is 34.1 Å². The number of para-hydroxylation sites is 2. The van der Waals surface area contributed by atoms with Gasteiger partial charge in [0.05, 0.1) is 0 Å². The summed E-state index contributed by atoms with van der Waals surface area (Å²) in [6.07, 6.45) is 9.50. The lowest BCUT2D eigenvalue weighted by atomic mass is 9.73. The standard InChI is InChI=1S/C62H52N2/c1-5-17-45(18-6-1)47-29-37-53(38-30-47)63(51-21-9-3-10-22-51)55-41-33-49(34-42-55)61-57-25-13-15-27-59(57)62(60-28-16-14-26-58(60)61)50-35-43-56(44-36-50)64(52-23-11-4-12-24-52)54-39-31-48(32-40-54)46-19-7-2-8-20-46/h1-12,17-24,29-44H,13-16,25-28H2. The van der Waals surface area contributed by atoms with Gasteiger partial charge in [0, 0.05) is 34.1 Å². The van der Waals surface area contributed by atoms with Gasteiger partial charge in [-0.2, -0.15) is 0 Å². The summed E-state index contributed by atoms with van der Waals surface area (Å²) >= 11 is 0. The van der Waals surface area contributed by atoms with Crippen LogP contribution in [0.5, 0.6) is 0 Å². The van der Waals surface area contributed by atoms with Gasteiger partial charge in [0.1, 0.15) is 0 Å². The molecule has 2 aliphatic rings. The molecular formula is C62H52N2. The van der Waals surface area contributed by atoms with E-state index in [1.54, 1.807) is 22.3 Å². The van der Waals surface area contributed by atoms with Crippen LogP contribution in [0.2, 0.25) is 0 Å². The molecule has 0 saturated heterocycles. The highest BCUT2D eigenvalue weighted by atomic mass is 15.1.